The minimum atomic E-state index is -0.183. The van der Waals surface area contributed by atoms with Crippen molar-refractivity contribution in [1.82, 2.24) is 9.80 Å². The number of piperazine rings is 1. The molecule has 0 radical (unpaired) electrons. The summed E-state index contributed by atoms with van der Waals surface area (Å²) in [6.07, 6.45) is 5.99. The number of nitrogens with one attached hydrogen (secondary N) is 1. The van der Waals surface area contributed by atoms with Crippen molar-refractivity contribution in [2.24, 2.45) is 5.92 Å². The van der Waals surface area contributed by atoms with Crippen molar-refractivity contribution < 1.29 is 14.0 Å². The molecule has 1 unspecified atom stereocenters. The summed E-state index contributed by atoms with van der Waals surface area (Å²) in [6, 6.07) is 10.5. The van der Waals surface area contributed by atoms with Crippen LogP contribution in [0.3, 0.4) is 0 Å². The number of nitrogens with zero attached hydrogens (tertiary/aromatic N) is 2. The van der Waals surface area contributed by atoms with Crippen LogP contribution in [0.2, 0.25) is 5.02 Å². The lowest BCUT2D eigenvalue weighted by Crippen LogP contribution is -2.56. The Balaban J connectivity index is 1.43. The summed E-state index contributed by atoms with van der Waals surface area (Å²) in [4.78, 5) is 29.8. The summed E-state index contributed by atoms with van der Waals surface area (Å²) in [5.41, 5.74) is 0.720. The summed E-state index contributed by atoms with van der Waals surface area (Å²) in [5, 5.41) is 3.65. The predicted molar refractivity (Wildman–Crippen MR) is 112 cm³/mol. The zero-order chi connectivity index (χ0) is 20.2. The molecule has 1 aliphatic carbocycles. The summed E-state index contributed by atoms with van der Waals surface area (Å²) in [5.74, 6) is 0.645. The van der Waals surface area contributed by atoms with Gasteiger partial charge in [-0.2, -0.15) is 0 Å². The van der Waals surface area contributed by atoms with Crippen molar-refractivity contribution >= 4 is 29.1 Å². The maximum atomic E-state index is 13.2. The van der Waals surface area contributed by atoms with Gasteiger partial charge >= 0.3 is 0 Å². The van der Waals surface area contributed by atoms with Gasteiger partial charge in [0.1, 0.15) is 0 Å². The molecule has 6 nitrogen and oxygen atoms in total. The minimum absolute atomic E-state index is 0.0185. The highest BCUT2D eigenvalue weighted by atomic mass is 35.5. The fourth-order valence-electron chi connectivity index (χ4n) is 4.49. The van der Waals surface area contributed by atoms with Crippen LogP contribution >= 0.6 is 11.6 Å². The van der Waals surface area contributed by atoms with E-state index in [1.165, 1.54) is 19.1 Å². The van der Waals surface area contributed by atoms with Crippen molar-refractivity contribution in [1.29, 1.82) is 0 Å². The highest BCUT2D eigenvalue weighted by Gasteiger charge is 2.37. The molecule has 2 aromatic rings. The van der Waals surface area contributed by atoms with Crippen LogP contribution in [0.25, 0.3) is 0 Å². The number of rotatable bonds is 5. The average molecular weight is 416 g/mol. The van der Waals surface area contributed by atoms with Crippen LogP contribution in [0.4, 0.5) is 5.69 Å². The molecule has 2 aliphatic rings. The van der Waals surface area contributed by atoms with E-state index in [0.29, 0.717) is 42.9 Å². The van der Waals surface area contributed by atoms with Gasteiger partial charge < -0.3 is 14.6 Å². The Morgan fingerprint density at radius 2 is 1.83 bits per heavy atom. The normalized spacial score (nSPS) is 19.3. The Hall–Kier alpha value is -2.31. The van der Waals surface area contributed by atoms with Gasteiger partial charge in [0.2, 0.25) is 5.91 Å². The summed E-state index contributed by atoms with van der Waals surface area (Å²) in [6.45, 7) is 2.54. The smallest absolute Gasteiger partial charge is 0.289 e. The molecule has 7 heteroatoms. The Labute approximate surface area is 175 Å². The monoisotopic (exact) mass is 415 g/mol. The van der Waals surface area contributed by atoms with Crippen LogP contribution in [-0.4, -0.2) is 53.8 Å². The van der Waals surface area contributed by atoms with Gasteiger partial charge in [-0.1, -0.05) is 30.5 Å². The Morgan fingerprint density at radius 1 is 1.07 bits per heavy atom. The summed E-state index contributed by atoms with van der Waals surface area (Å²) in [7, 11) is 0. The van der Waals surface area contributed by atoms with Gasteiger partial charge in [0.15, 0.2) is 5.76 Å². The molecule has 4 rings (SSSR count). The molecule has 1 atom stereocenters. The maximum absolute atomic E-state index is 13.2. The molecule has 2 fully saturated rings. The first-order valence-electron chi connectivity index (χ1n) is 10.2. The lowest BCUT2D eigenvalue weighted by molar-refractivity contribution is -0.123. The third kappa shape index (κ3) is 4.65. The second kappa shape index (κ2) is 9.01. The Kier molecular flexibility index (Phi) is 6.21. The molecule has 1 N–H and O–H groups in total. The molecule has 154 valence electrons. The quantitative estimate of drug-likeness (QED) is 0.804. The molecular weight excluding hydrogens is 390 g/mol. The minimum Gasteiger partial charge on any atom is -0.459 e. The fourth-order valence-corrected chi connectivity index (χ4v) is 4.68. The van der Waals surface area contributed by atoms with Crippen molar-refractivity contribution in [2.45, 2.75) is 31.7 Å². The van der Waals surface area contributed by atoms with Crippen LogP contribution in [0.5, 0.6) is 0 Å². The van der Waals surface area contributed by atoms with Crippen molar-refractivity contribution in [3.05, 3.63) is 53.4 Å². The largest absolute Gasteiger partial charge is 0.459 e. The third-order valence-corrected chi connectivity index (χ3v) is 6.17. The SMILES string of the molecule is O=C(Nc1cccc(Cl)c1)C(C1CCCC1)N1CCN(C(=O)c2ccco2)CC1. The number of anilines is 1. The Bertz CT molecular complexity index is 841. The summed E-state index contributed by atoms with van der Waals surface area (Å²) >= 11 is 6.06. The molecule has 1 saturated heterocycles. The van der Waals surface area contributed by atoms with Crippen molar-refractivity contribution in [3.8, 4) is 0 Å². The number of furan rings is 1. The van der Waals surface area contributed by atoms with Gasteiger partial charge in [0, 0.05) is 36.9 Å². The van der Waals surface area contributed by atoms with E-state index in [9.17, 15) is 9.59 Å². The van der Waals surface area contributed by atoms with Gasteiger partial charge in [-0.05, 0) is 49.1 Å². The van der Waals surface area contributed by atoms with Gasteiger partial charge in [-0.3, -0.25) is 14.5 Å². The van der Waals surface area contributed by atoms with Gasteiger partial charge in [0.25, 0.3) is 5.91 Å². The molecule has 1 aromatic heterocycles. The lowest BCUT2D eigenvalue weighted by Gasteiger charge is -2.40. The highest BCUT2D eigenvalue weighted by Crippen LogP contribution is 2.32. The van der Waals surface area contributed by atoms with E-state index in [-0.39, 0.29) is 17.9 Å². The number of amides is 2. The van der Waals surface area contributed by atoms with Crippen LogP contribution in [0.15, 0.2) is 47.1 Å². The first kappa shape index (κ1) is 20.0. The molecule has 1 aliphatic heterocycles. The van der Waals surface area contributed by atoms with E-state index >= 15 is 0 Å². The highest BCUT2D eigenvalue weighted by molar-refractivity contribution is 6.30. The molecule has 1 aromatic carbocycles. The molecule has 0 spiro atoms. The first-order chi connectivity index (χ1) is 14.1. The third-order valence-electron chi connectivity index (χ3n) is 5.93. The molecule has 1 saturated carbocycles. The number of benzene rings is 1. The van der Waals surface area contributed by atoms with Crippen molar-refractivity contribution in [3.63, 3.8) is 0 Å². The molecule has 29 heavy (non-hydrogen) atoms. The zero-order valence-corrected chi connectivity index (χ0v) is 17.1. The molecular formula is C22H26ClN3O3. The Morgan fingerprint density at radius 3 is 2.48 bits per heavy atom. The van der Waals surface area contributed by atoms with E-state index in [1.807, 2.05) is 12.1 Å². The van der Waals surface area contributed by atoms with Crippen molar-refractivity contribution in [2.75, 3.05) is 31.5 Å². The molecule has 2 heterocycles. The summed E-state index contributed by atoms with van der Waals surface area (Å²) < 4.78 is 5.24. The van der Waals surface area contributed by atoms with E-state index in [1.54, 1.807) is 29.2 Å². The van der Waals surface area contributed by atoms with E-state index in [0.717, 1.165) is 18.5 Å². The van der Waals surface area contributed by atoms with Crippen LogP contribution in [-0.2, 0) is 4.79 Å². The second-order valence-electron chi connectivity index (χ2n) is 7.79. The number of hydrogen-bond donors (Lipinski definition) is 1. The molecule has 0 bridgehead atoms. The lowest BCUT2D eigenvalue weighted by atomic mass is 9.95. The number of carbonyl (C=O) groups excluding carboxylic acids is 2. The van der Waals surface area contributed by atoms with Gasteiger partial charge in [0.05, 0.1) is 12.3 Å². The van der Waals surface area contributed by atoms with Crippen LogP contribution < -0.4 is 5.32 Å². The second-order valence-corrected chi connectivity index (χ2v) is 8.23. The predicted octanol–water partition coefficient (Wildman–Crippen LogP) is 3.89. The average Bonchev–Trinajstić information content (AvgIpc) is 3.43. The standard InChI is InChI=1S/C22H26ClN3O3/c23-17-7-3-8-18(15-17)24-21(27)20(16-5-1-2-6-16)25-10-12-26(13-11-25)22(28)19-9-4-14-29-19/h3-4,7-9,14-16,20H,1-2,5-6,10-13H2,(H,24,27). The van der Waals surface area contributed by atoms with E-state index < -0.39 is 0 Å². The van der Waals surface area contributed by atoms with Crippen LogP contribution in [0, 0.1) is 5.92 Å². The van der Waals surface area contributed by atoms with E-state index in [4.69, 9.17) is 16.0 Å². The fraction of sp³-hybridized carbons (Fsp3) is 0.455. The number of carbonyl (C=O) groups is 2. The molecule has 2 amide bonds. The van der Waals surface area contributed by atoms with Crippen LogP contribution in [0.1, 0.15) is 36.2 Å². The topological polar surface area (TPSA) is 65.8 Å². The zero-order valence-electron chi connectivity index (χ0n) is 16.4. The number of halogens is 1. The first-order valence-corrected chi connectivity index (χ1v) is 10.6. The number of hydrogen-bond acceptors (Lipinski definition) is 4. The van der Waals surface area contributed by atoms with Gasteiger partial charge in [-0.15, -0.1) is 0 Å². The van der Waals surface area contributed by atoms with Gasteiger partial charge in [-0.25, -0.2) is 0 Å². The van der Waals surface area contributed by atoms with E-state index in [2.05, 4.69) is 10.2 Å². The maximum Gasteiger partial charge on any atom is 0.289 e.